The number of phenolic OH excluding ortho intramolecular Hbond substituents is 1. The lowest BCUT2D eigenvalue weighted by Crippen LogP contribution is -2.63. The maximum Gasteiger partial charge on any atom is 0.338 e. The van der Waals surface area contributed by atoms with E-state index in [9.17, 15) is 24.6 Å². The van der Waals surface area contributed by atoms with E-state index in [0.29, 0.717) is 18.4 Å². The van der Waals surface area contributed by atoms with Crippen molar-refractivity contribution in [3.8, 4) is 5.75 Å². The molecule has 1 heterocycles. The fourth-order valence-corrected chi connectivity index (χ4v) is 6.71. The number of hydrogen-bond donors (Lipinski definition) is 2. The Labute approximate surface area is 234 Å². The van der Waals surface area contributed by atoms with Crippen LogP contribution in [-0.2, 0) is 28.5 Å². The van der Waals surface area contributed by atoms with Crippen molar-refractivity contribution in [1.82, 2.24) is 0 Å². The van der Waals surface area contributed by atoms with Gasteiger partial charge in [0.25, 0.3) is 0 Å². The Morgan fingerprint density at radius 2 is 1.73 bits per heavy atom. The Hall–Kier alpha value is -3.43. The van der Waals surface area contributed by atoms with Crippen LogP contribution in [0.15, 0.2) is 60.2 Å². The van der Waals surface area contributed by atoms with Gasteiger partial charge < -0.3 is 24.4 Å². The number of aliphatic hydroxyl groups excluding tert-OH is 1. The third-order valence-electron chi connectivity index (χ3n) is 8.92. The molecule has 2 N–H and O–H groups in total. The number of aromatic hydroxyl groups is 1. The molecule has 1 aromatic rings. The van der Waals surface area contributed by atoms with Gasteiger partial charge in [0.15, 0.2) is 0 Å². The summed E-state index contributed by atoms with van der Waals surface area (Å²) in [5.41, 5.74) is -0.0678. The second-order valence-corrected chi connectivity index (χ2v) is 11.4. The van der Waals surface area contributed by atoms with Crippen molar-refractivity contribution in [2.24, 2.45) is 22.7 Å². The molecule has 1 saturated heterocycles. The molecule has 1 aliphatic heterocycles. The molecule has 0 amide bonds. The molecule has 2 fully saturated rings. The SMILES string of the molecule is C=CC(C)=CCC1(C)C(C)CC(OC(=O)c2ccc(O)cc2)C23C(=CC(O)CC12)C(OC(C)=O)OC3OC(C)=O. The molecule has 9 nitrogen and oxygen atoms in total. The Kier molecular flexibility index (Phi) is 8.28. The van der Waals surface area contributed by atoms with Crippen LogP contribution in [0.25, 0.3) is 0 Å². The third-order valence-corrected chi connectivity index (χ3v) is 8.92. The molecule has 0 aromatic heterocycles. The number of carbonyl (C=O) groups is 3. The van der Waals surface area contributed by atoms with Crippen molar-refractivity contribution in [2.75, 3.05) is 0 Å². The number of aliphatic hydroxyl groups is 1. The minimum absolute atomic E-state index is 0.00749. The fourth-order valence-electron chi connectivity index (χ4n) is 6.71. The number of benzene rings is 1. The van der Waals surface area contributed by atoms with Crippen molar-refractivity contribution in [2.45, 2.75) is 78.7 Å². The van der Waals surface area contributed by atoms with Gasteiger partial charge in [-0.15, -0.1) is 0 Å². The van der Waals surface area contributed by atoms with Gasteiger partial charge in [-0.3, -0.25) is 14.3 Å². The molecule has 4 rings (SSSR count). The molecular weight excluding hydrogens is 516 g/mol. The summed E-state index contributed by atoms with van der Waals surface area (Å²) in [5, 5.41) is 20.8. The van der Waals surface area contributed by atoms with Gasteiger partial charge in [0, 0.05) is 19.4 Å². The number of esters is 3. The summed E-state index contributed by atoms with van der Waals surface area (Å²) >= 11 is 0. The lowest BCUT2D eigenvalue weighted by molar-refractivity contribution is -0.253. The van der Waals surface area contributed by atoms with Gasteiger partial charge in [-0.25, -0.2) is 4.79 Å². The fraction of sp³-hybridized carbons (Fsp3) is 0.516. The van der Waals surface area contributed by atoms with Crippen LogP contribution in [0.1, 0.15) is 64.2 Å². The van der Waals surface area contributed by atoms with Crippen LogP contribution in [0.3, 0.4) is 0 Å². The summed E-state index contributed by atoms with van der Waals surface area (Å²) < 4.78 is 23.6. The Morgan fingerprint density at radius 1 is 1.07 bits per heavy atom. The van der Waals surface area contributed by atoms with E-state index >= 15 is 0 Å². The third kappa shape index (κ3) is 5.20. The van der Waals surface area contributed by atoms with E-state index in [4.69, 9.17) is 18.9 Å². The van der Waals surface area contributed by atoms with Gasteiger partial charge in [0.1, 0.15) is 17.3 Å². The van der Waals surface area contributed by atoms with Crippen LogP contribution in [0.5, 0.6) is 5.75 Å². The van der Waals surface area contributed by atoms with Crippen molar-refractivity contribution >= 4 is 17.9 Å². The van der Waals surface area contributed by atoms with Gasteiger partial charge >= 0.3 is 17.9 Å². The normalized spacial score (nSPS) is 35.0. The maximum absolute atomic E-state index is 13.4. The zero-order valence-electron chi connectivity index (χ0n) is 23.6. The Balaban J connectivity index is 1.90. The first-order chi connectivity index (χ1) is 18.8. The summed E-state index contributed by atoms with van der Waals surface area (Å²) in [4.78, 5) is 37.9. The first kappa shape index (κ1) is 29.6. The highest BCUT2D eigenvalue weighted by molar-refractivity contribution is 5.89. The molecule has 8 atom stereocenters. The molecule has 40 heavy (non-hydrogen) atoms. The van der Waals surface area contributed by atoms with Gasteiger partial charge in [-0.1, -0.05) is 38.2 Å². The number of hydrogen-bond acceptors (Lipinski definition) is 9. The van der Waals surface area contributed by atoms with E-state index in [1.54, 1.807) is 12.2 Å². The van der Waals surface area contributed by atoms with Crippen LogP contribution in [0.4, 0.5) is 0 Å². The standard InChI is InChI=1S/C31H38O9/c1-7-17(2)12-13-30(6)18(3)14-26(39-27(36)21-8-10-22(34)11-9-21)31-24(15-23(35)16-25(30)31)28(37-19(4)32)40-29(31)38-20(5)33/h7-12,15,18,23,25-26,28-29,34-35H,1,13-14,16H2,2-6H3. The predicted octanol–water partition coefficient (Wildman–Crippen LogP) is 4.59. The molecule has 8 unspecified atom stereocenters. The molecule has 0 radical (unpaired) electrons. The highest BCUT2D eigenvalue weighted by Gasteiger charge is 2.72. The predicted molar refractivity (Wildman–Crippen MR) is 145 cm³/mol. The van der Waals surface area contributed by atoms with Crippen LogP contribution in [0, 0.1) is 22.7 Å². The first-order valence-corrected chi connectivity index (χ1v) is 13.5. The minimum atomic E-state index is -1.24. The van der Waals surface area contributed by atoms with Gasteiger partial charge in [0.2, 0.25) is 12.6 Å². The number of carbonyl (C=O) groups excluding carboxylic acids is 3. The summed E-state index contributed by atoms with van der Waals surface area (Å²) in [5.74, 6) is -2.26. The van der Waals surface area contributed by atoms with E-state index in [1.165, 1.54) is 38.1 Å². The largest absolute Gasteiger partial charge is 0.508 e. The zero-order chi connectivity index (χ0) is 29.4. The average molecular weight is 555 g/mol. The van der Waals surface area contributed by atoms with Gasteiger partial charge in [-0.05, 0) is 73.8 Å². The average Bonchev–Trinajstić information content (AvgIpc) is 3.17. The van der Waals surface area contributed by atoms with Gasteiger partial charge in [-0.2, -0.15) is 0 Å². The molecule has 1 aromatic carbocycles. The molecular formula is C31H38O9. The Bertz CT molecular complexity index is 1230. The number of ether oxygens (including phenoxy) is 4. The molecule has 9 heteroatoms. The quantitative estimate of drug-likeness (QED) is 0.215. The van der Waals surface area contributed by atoms with Crippen molar-refractivity contribution in [3.63, 3.8) is 0 Å². The first-order valence-electron chi connectivity index (χ1n) is 13.5. The van der Waals surface area contributed by atoms with Crippen LogP contribution < -0.4 is 0 Å². The maximum atomic E-state index is 13.4. The summed E-state index contributed by atoms with van der Waals surface area (Å²) in [6.45, 7) is 12.5. The smallest absolute Gasteiger partial charge is 0.338 e. The van der Waals surface area contributed by atoms with E-state index in [1.807, 2.05) is 6.92 Å². The van der Waals surface area contributed by atoms with Crippen LogP contribution in [0.2, 0.25) is 0 Å². The van der Waals surface area contributed by atoms with Gasteiger partial charge in [0.05, 0.1) is 11.7 Å². The highest BCUT2D eigenvalue weighted by Crippen LogP contribution is 2.67. The van der Waals surface area contributed by atoms with Crippen LogP contribution in [-0.4, -0.2) is 52.9 Å². The van der Waals surface area contributed by atoms with Crippen molar-refractivity contribution < 1.29 is 43.5 Å². The molecule has 3 aliphatic rings. The number of phenols is 1. The lowest BCUT2D eigenvalue weighted by atomic mass is 9.45. The lowest BCUT2D eigenvalue weighted by Gasteiger charge is -2.60. The van der Waals surface area contributed by atoms with Crippen molar-refractivity contribution in [1.29, 1.82) is 0 Å². The molecule has 216 valence electrons. The number of rotatable bonds is 7. The topological polar surface area (TPSA) is 129 Å². The molecule has 1 saturated carbocycles. The van der Waals surface area contributed by atoms with Crippen LogP contribution >= 0.6 is 0 Å². The minimum Gasteiger partial charge on any atom is -0.508 e. The molecule has 2 aliphatic carbocycles. The van der Waals surface area contributed by atoms with E-state index in [0.717, 1.165) is 5.57 Å². The number of allylic oxidation sites excluding steroid dienone is 3. The summed E-state index contributed by atoms with van der Waals surface area (Å²) in [6, 6.07) is 5.71. The monoisotopic (exact) mass is 554 g/mol. The highest BCUT2D eigenvalue weighted by atomic mass is 16.8. The zero-order valence-corrected chi connectivity index (χ0v) is 23.6. The molecule has 1 spiro atoms. The molecule has 0 bridgehead atoms. The summed E-state index contributed by atoms with van der Waals surface area (Å²) in [7, 11) is 0. The second kappa shape index (κ2) is 11.2. The van der Waals surface area contributed by atoms with E-state index in [2.05, 4.69) is 26.5 Å². The Morgan fingerprint density at radius 3 is 2.33 bits per heavy atom. The van der Waals surface area contributed by atoms with E-state index < -0.39 is 59.4 Å². The summed E-state index contributed by atoms with van der Waals surface area (Å²) in [6.07, 6.45) is 2.49. The van der Waals surface area contributed by atoms with E-state index in [-0.39, 0.29) is 23.7 Å². The van der Waals surface area contributed by atoms with Crippen molar-refractivity contribution in [3.05, 3.63) is 65.8 Å². The second-order valence-electron chi connectivity index (χ2n) is 11.4.